The number of benzene rings is 1. The Bertz CT molecular complexity index is 393. The molecule has 108 valence electrons. The van der Waals surface area contributed by atoms with E-state index in [1.807, 2.05) is 6.92 Å². The first kappa shape index (κ1) is 16.0. The summed E-state index contributed by atoms with van der Waals surface area (Å²) < 4.78 is 5.75. The van der Waals surface area contributed by atoms with E-state index in [0.29, 0.717) is 12.5 Å². The van der Waals surface area contributed by atoms with Crippen molar-refractivity contribution in [3.05, 3.63) is 29.3 Å². The summed E-state index contributed by atoms with van der Waals surface area (Å²) in [6.45, 7) is 12.5. The molecule has 0 amide bonds. The molecule has 2 nitrogen and oxygen atoms in total. The molecular formula is C17H29NO. The molecule has 1 aromatic rings. The zero-order valence-electron chi connectivity index (χ0n) is 13.1. The summed E-state index contributed by atoms with van der Waals surface area (Å²) in [6, 6.07) is 6.61. The molecule has 0 saturated heterocycles. The van der Waals surface area contributed by atoms with Crippen LogP contribution in [-0.2, 0) is 11.8 Å². The van der Waals surface area contributed by atoms with Gasteiger partial charge in [0.2, 0.25) is 0 Å². The van der Waals surface area contributed by atoms with Crippen LogP contribution in [0.15, 0.2) is 18.2 Å². The lowest BCUT2D eigenvalue weighted by atomic mass is 9.84. The fourth-order valence-corrected chi connectivity index (χ4v) is 2.26. The molecule has 19 heavy (non-hydrogen) atoms. The van der Waals surface area contributed by atoms with E-state index < -0.39 is 0 Å². The van der Waals surface area contributed by atoms with Crippen LogP contribution in [0, 0.1) is 5.92 Å². The molecule has 0 aliphatic rings. The van der Waals surface area contributed by atoms with Crippen molar-refractivity contribution in [2.75, 3.05) is 13.2 Å². The van der Waals surface area contributed by atoms with Crippen molar-refractivity contribution in [3.8, 4) is 5.75 Å². The highest BCUT2D eigenvalue weighted by Crippen LogP contribution is 2.30. The Morgan fingerprint density at radius 2 is 1.95 bits per heavy atom. The number of hydrogen-bond donors (Lipinski definition) is 1. The summed E-state index contributed by atoms with van der Waals surface area (Å²) in [6.07, 6.45) is 2.10. The van der Waals surface area contributed by atoms with Gasteiger partial charge in [0, 0.05) is 0 Å². The van der Waals surface area contributed by atoms with Crippen LogP contribution in [0.25, 0.3) is 0 Å². The summed E-state index contributed by atoms with van der Waals surface area (Å²) in [4.78, 5) is 0. The van der Waals surface area contributed by atoms with Crippen LogP contribution in [0.1, 0.15) is 52.2 Å². The molecule has 2 heteroatoms. The summed E-state index contributed by atoms with van der Waals surface area (Å²) >= 11 is 0. The van der Waals surface area contributed by atoms with Crippen molar-refractivity contribution in [3.63, 3.8) is 0 Å². The normalized spacial score (nSPS) is 13.4. The van der Waals surface area contributed by atoms with Gasteiger partial charge in [-0.1, -0.05) is 39.8 Å². The zero-order valence-corrected chi connectivity index (χ0v) is 13.1. The Hall–Kier alpha value is -1.02. The SMILES string of the molecule is CCOc1ccc(C(C)(C)C)cc1CC(C)CCN. The van der Waals surface area contributed by atoms with E-state index in [4.69, 9.17) is 10.5 Å². The van der Waals surface area contributed by atoms with Crippen LogP contribution in [-0.4, -0.2) is 13.2 Å². The molecule has 0 saturated carbocycles. The molecule has 0 spiro atoms. The first-order chi connectivity index (χ1) is 8.88. The van der Waals surface area contributed by atoms with E-state index >= 15 is 0 Å². The van der Waals surface area contributed by atoms with Crippen LogP contribution in [0.4, 0.5) is 0 Å². The highest BCUT2D eigenvalue weighted by molar-refractivity contribution is 5.40. The average molecular weight is 263 g/mol. The minimum atomic E-state index is 0.177. The molecule has 0 radical (unpaired) electrons. The molecule has 1 rings (SSSR count). The van der Waals surface area contributed by atoms with E-state index in [9.17, 15) is 0 Å². The number of nitrogens with two attached hydrogens (primary N) is 1. The van der Waals surface area contributed by atoms with Crippen molar-refractivity contribution in [1.82, 2.24) is 0 Å². The van der Waals surface area contributed by atoms with E-state index in [1.165, 1.54) is 11.1 Å². The molecule has 0 bridgehead atoms. The van der Waals surface area contributed by atoms with Gasteiger partial charge in [0.05, 0.1) is 6.61 Å². The maximum Gasteiger partial charge on any atom is 0.122 e. The molecule has 0 aromatic heterocycles. The predicted octanol–water partition coefficient (Wildman–Crippen LogP) is 3.91. The lowest BCUT2D eigenvalue weighted by molar-refractivity contribution is 0.333. The van der Waals surface area contributed by atoms with Crippen LogP contribution in [0.3, 0.4) is 0 Å². The van der Waals surface area contributed by atoms with Crippen LogP contribution < -0.4 is 10.5 Å². The lowest BCUT2D eigenvalue weighted by Crippen LogP contribution is -2.13. The van der Waals surface area contributed by atoms with Gasteiger partial charge in [-0.2, -0.15) is 0 Å². The van der Waals surface area contributed by atoms with Gasteiger partial charge in [-0.15, -0.1) is 0 Å². The summed E-state index contributed by atoms with van der Waals surface area (Å²) in [5, 5.41) is 0. The summed E-state index contributed by atoms with van der Waals surface area (Å²) in [5.74, 6) is 1.62. The van der Waals surface area contributed by atoms with E-state index in [1.54, 1.807) is 0 Å². The van der Waals surface area contributed by atoms with Crippen LogP contribution in [0.2, 0.25) is 0 Å². The average Bonchev–Trinajstić information content (AvgIpc) is 2.30. The minimum absolute atomic E-state index is 0.177. The molecular weight excluding hydrogens is 234 g/mol. The van der Waals surface area contributed by atoms with Gasteiger partial charge in [-0.3, -0.25) is 0 Å². The highest BCUT2D eigenvalue weighted by atomic mass is 16.5. The molecule has 2 N–H and O–H groups in total. The molecule has 1 atom stereocenters. The molecule has 0 heterocycles. The topological polar surface area (TPSA) is 35.2 Å². The first-order valence-corrected chi connectivity index (χ1v) is 7.34. The summed E-state index contributed by atoms with van der Waals surface area (Å²) in [7, 11) is 0. The molecule has 0 aliphatic carbocycles. The minimum Gasteiger partial charge on any atom is -0.494 e. The van der Waals surface area contributed by atoms with Gasteiger partial charge in [0.1, 0.15) is 5.75 Å². The Labute approximate surface area is 118 Å². The van der Waals surface area contributed by atoms with Gasteiger partial charge in [0.25, 0.3) is 0 Å². The Morgan fingerprint density at radius 1 is 1.26 bits per heavy atom. The molecule has 1 aromatic carbocycles. The van der Waals surface area contributed by atoms with Crippen LogP contribution >= 0.6 is 0 Å². The van der Waals surface area contributed by atoms with Crippen molar-refractivity contribution in [2.24, 2.45) is 11.7 Å². The van der Waals surface area contributed by atoms with E-state index in [2.05, 4.69) is 45.9 Å². The second-order valence-corrected chi connectivity index (χ2v) is 6.39. The van der Waals surface area contributed by atoms with Gasteiger partial charge in [-0.25, -0.2) is 0 Å². The van der Waals surface area contributed by atoms with Crippen LogP contribution in [0.5, 0.6) is 5.75 Å². The monoisotopic (exact) mass is 263 g/mol. The summed E-state index contributed by atoms with van der Waals surface area (Å²) in [5.41, 5.74) is 8.51. The Morgan fingerprint density at radius 3 is 2.47 bits per heavy atom. The molecule has 0 aliphatic heterocycles. The van der Waals surface area contributed by atoms with Crippen molar-refractivity contribution in [1.29, 1.82) is 0 Å². The molecule has 1 unspecified atom stereocenters. The Balaban J connectivity index is 3.01. The number of ether oxygens (including phenoxy) is 1. The predicted molar refractivity (Wildman–Crippen MR) is 82.9 cm³/mol. The maximum absolute atomic E-state index is 5.75. The van der Waals surface area contributed by atoms with Gasteiger partial charge in [-0.05, 0) is 54.8 Å². The fraction of sp³-hybridized carbons (Fsp3) is 0.647. The van der Waals surface area contributed by atoms with Crippen molar-refractivity contribution >= 4 is 0 Å². The molecule has 0 fully saturated rings. The van der Waals surface area contributed by atoms with E-state index in [0.717, 1.165) is 25.1 Å². The van der Waals surface area contributed by atoms with Gasteiger partial charge >= 0.3 is 0 Å². The Kier molecular flexibility index (Phi) is 5.86. The lowest BCUT2D eigenvalue weighted by Gasteiger charge is -2.22. The fourth-order valence-electron chi connectivity index (χ4n) is 2.26. The van der Waals surface area contributed by atoms with Gasteiger partial charge in [0.15, 0.2) is 0 Å². The second kappa shape index (κ2) is 6.95. The van der Waals surface area contributed by atoms with E-state index in [-0.39, 0.29) is 5.41 Å². The highest BCUT2D eigenvalue weighted by Gasteiger charge is 2.17. The van der Waals surface area contributed by atoms with Gasteiger partial charge < -0.3 is 10.5 Å². The van der Waals surface area contributed by atoms with Crippen molar-refractivity contribution < 1.29 is 4.74 Å². The largest absolute Gasteiger partial charge is 0.494 e. The quantitative estimate of drug-likeness (QED) is 0.844. The maximum atomic E-state index is 5.75. The number of hydrogen-bond acceptors (Lipinski definition) is 2. The van der Waals surface area contributed by atoms with Crippen molar-refractivity contribution in [2.45, 2.75) is 52.9 Å². The third kappa shape index (κ3) is 4.87. The number of rotatable bonds is 6. The zero-order chi connectivity index (χ0) is 14.5. The second-order valence-electron chi connectivity index (χ2n) is 6.39. The third-order valence-electron chi connectivity index (χ3n) is 3.45. The first-order valence-electron chi connectivity index (χ1n) is 7.34. The smallest absolute Gasteiger partial charge is 0.122 e. The standard InChI is InChI=1S/C17H29NO/c1-6-19-16-8-7-15(17(3,4)5)12-14(16)11-13(2)9-10-18/h7-8,12-13H,6,9-11,18H2,1-5H3. The third-order valence-corrected chi connectivity index (χ3v) is 3.45.